The molecule has 0 bridgehead atoms. The Labute approximate surface area is 146 Å². The highest BCUT2D eigenvalue weighted by molar-refractivity contribution is 6.05. The number of carbonyl (C=O) groups excluding carboxylic acids is 2. The van der Waals surface area contributed by atoms with Gasteiger partial charge in [-0.1, -0.05) is 0 Å². The van der Waals surface area contributed by atoms with E-state index in [0.29, 0.717) is 29.2 Å². The maximum atomic E-state index is 12.4. The summed E-state index contributed by atoms with van der Waals surface area (Å²) in [5.41, 5.74) is 1.98. The van der Waals surface area contributed by atoms with E-state index in [-0.39, 0.29) is 11.8 Å². The lowest BCUT2D eigenvalue weighted by atomic mass is 10.1. The number of rotatable bonds is 5. The van der Waals surface area contributed by atoms with Crippen molar-refractivity contribution in [3.05, 3.63) is 48.0 Å². The van der Waals surface area contributed by atoms with Crippen LogP contribution in [0.4, 0.5) is 11.4 Å². The average molecular weight is 340 g/mol. The fourth-order valence-electron chi connectivity index (χ4n) is 2.83. The second kappa shape index (κ2) is 7.25. The van der Waals surface area contributed by atoms with Gasteiger partial charge >= 0.3 is 0 Å². The zero-order valence-electron chi connectivity index (χ0n) is 14.2. The largest absolute Gasteiger partial charge is 0.493 e. The molecule has 0 atom stereocenters. The number of benzene rings is 2. The molecule has 1 fully saturated rings. The van der Waals surface area contributed by atoms with E-state index >= 15 is 0 Å². The molecule has 6 heteroatoms. The van der Waals surface area contributed by atoms with E-state index in [2.05, 4.69) is 5.32 Å². The Hall–Kier alpha value is -3.02. The Bertz CT molecular complexity index is 787. The van der Waals surface area contributed by atoms with Gasteiger partial charge in [-0.05, 0) is 48.9 Å². The highest BCUT2D eigenvalue weighted by Crippen LogP contribution is 2.28. The van der Waals surface area contributed by atoms with Gasteiger partial charge in [0, 0.05) is 29.9 Å². The minimum absolute atomic E-state index is 0.141. The third kappa shape index (κ3) is 3.57. The molecule has 1 heterocycles. The quantitative estimate of drug-likeness (QED) is 0.908. The maximum absolute atomic E-state index is 12.4. The molecule has 2 aromatic rings. The number of ether oxygens (including phenoxy) is 2. The van der Waals surface area contributed by atoms with Crippen molar-refractivity contribution in [1.82, 2.24) is 0 Å². The Morgan fingerprint density at radius 3 is 2.36 bits per heavy atom. The third-order valence-electron chi connectivity index (χ3n) is 4.16. The molecule has 0 unspecified atom stereocenters. The Kier molecular flexibility index (Phi) is 4.88. The lowest BCUT2D eigenvalue weighted by Crippen LogP contribution is -2.23. The number of anilines is 2. The highest BCUT2D eigenvalue weighted by atomic mass is 16.5. The molecule has 1 aliphatic heterocycles. The summed E-state index contributed by atoms with van der Waals surface area (Å²) < 4.78 is 10.4. The molecule has 0 saturated carbocycles. The van der Waals surface area contributed by atoms with Gasteiger partial charge in [-0.2, -0.15) is 0 Å². The van der Waals surface area contributed by atoms with E-state index in [1.165, 1.54) is 7.11 Å². The zero-order valence-corrected chi connectivity index (χ0v) is 14.2. The molecule has 130 valence electrons. The predicted molar refractivity (Wildman–Crippen MR) is 95.5 cm³/mol. The summed E-state index contributed by atoms with van der Waals surface area (Å²) in [4.78, 5) is 25.9. The maximum Gasteiger partial charge on any atom is 0.255 e. The molecule has 1 saturated heterocycles. The second-order valence-electron chi connectivity index (χ2n) is 5.72. The van der Waals surface area contributed by atoms with Crippen LogP contribution in [0.2, 0.25) is 0 Å². The van der Waals surface area contributed by atoms with Crippen molar-refractivity contribution in [2.24, 2.45) is 0 Å². The van der Waals surface area contributed by atoms with E-state index in [4.69, 9.17) is 9.47 Å². The van der Waals surface area contributed by atoms with Crippen LogP contribution in [0.15, 0.2) is 42.5 Å². The summed E-state index contributed by atoms with van der Waals surface area (Å²) >= 11 is 0. The van der Waals surface area contributed by atoms with Gasteiger partial charge in [0.1, 0.15) is 0 Å². The Morgan fingerprint density at radius 1 is 1.04 bits per heavy atom. The molecule has 0 spiro atoms. The van der Waals surface area contributed by atoms with Crippen LogP contribution in [0.1, 0.15) is 23.2 Å². The van der Waals surface area contributed by atoms with Crippen LogP contribution in [0.25, 0.3) is 0 Å². The lowest BCUT2D eigenvalue weighted by molar-refractivity contribution is -0.117. The first kappa shape index (κ1) is 16.8. The Balaban J connectivity index is 1.71. The minimum Gasteiger partial charge on any atom is -0.493 e. The minimum atomic E-state index is -0.244. The topological polar surface area (TPSA) is 67.9 Å². The van der Waals surface area contributed by atoms with E-state index in [9.17, 15) is 9.59 Å². The first-order valence-corrected chi connectivity index (χ1v) is 8.06. The monoisotopic (exact) mass is 340 g/mol. The Morgan fingerprint density at radius 2 is 1.76 bits per heavy atom. The van der Waals surface area contributed by atoms with Gasteiger partial charge in [-0.25, -0.2) is 0 Å². The van der Waals surface area contributed by atoms with Crippen molar-refractivity contribution in [2.45, 2.75) is 12.8 Å². The fraction of sp³-hybridized carbons (Fsp3) is 0.263. The first-order chi connectivity index (χ1) is 12.1. The summed E-state index contributed by atoms with van der Waals surface area (Å²) in [6.45, 7) is 0.746. The fourth-order valence-corrected chi connectivity index (χ4v) is 2.83. The van der Waals surface area contributed by atoms with Crippen LogP contribution in [-0.2, 0) is 4.79 Å². The summed E-state index contributed by atoms with van der Waals surface area (Å²) in [5.74, 6) is 0.963. The highest BCUT2D eigenvalue weighted by Gasteiger charge is 2.21. The zero-order chi connectivity index (χ0) is 17.8. The van der Waals surface area contributed by atoms with Crippen LogP contribution >= 0.6 is 0 Å². The number of amides is 2. The van der Waals surface area contributed by atoms with E-state index < -0.39 is 0 Å². The molecule has 2 aromatic carbocycles. The molecular weight excluding hydrogens is 320 g/mol. The van der Waals surface area contributed by atoms with Gasteiger partial charge in [0.2, 0.25) is 5.91 Å². The standard InChI is InChI=1S/C19H20N2O4/c1-24-16-10-5-13(12-17(16)25-2)19(23)20-14-6-8-15(9-7-14)21-11-3-4-18(21)22/h5-10,12H,3-4,11H2,1-2H3,(H,20,23). The van der Waals surface area contributed by atoms with Crippen LogP contribution in [0.5, 0.6) is 11.5 Å². The van der Waals surface area contributed by atoms with Gasteiger partial charge in [-0.15, -0.1) is 0 Å². The normalized spacial score (nSPS) is 13.7. The first-order valence-electron chi connectivity index (χ1n) is 8.06. The molecule has 6 nitrogen and oxygen atoms in total. The van der Waals surface area contributed by atoms with Crippen molar-refractivity contribution in [1.29, 1.82) is 0 Å². The van der Waals surface area contributed by atoms with Crippen molar-refractivity contribution in [3.63, 3.8) is 0 Å². The number of hydrogen-bond acceptors (Lipinski definition) is 4. The van der Waals surface area contributed by atoms with Crippen LogP contribution < -0.4 is 19.7 Å². The smallest absolute Gasteiger partial charge is 0.255 e. The average Bonchev–Trinajstić information content (AvgIpc) is 3.07. The van der Waals surface area contributed by atoms with Crippen LogP contribution in [0, 0.1) is 0 Å². The molecular formula is C19H20N2O4. The second-order valence-corrected chi connectivity index (χ2v) is 5.72. The molecule has 2 amide bonds. The molecule has 1 aliphatic rings. The van der Waals surface area contributed by atoms with Gasteiger partial charge in [0.25, 0.3) is 5.91 Å². The molecule has 3 rings (SSSR count). The lowest BCUT2D eigenvalue weighted by Gasteiger charge is -2.16. The van der Waals surface area contributed by atoms with Gasteiger partial charge in [-0.3, -0.25) is 9.59 Å². The molecule has 0 aromatic heterocycles. The molecule has 1 N–H and O–H groups in total. The summed E-state index contributed by atoms with van der Waals surface area (Å²) in [7, 11) is 3.07. The summed E-state index contributed by atoms with van der Waals surface area (Å²) in [5, 5.41) is 2.84. The number of nitrogens with zero attached hydrogens (tertiary/aromatic N) is 1. The summed E-state index contributed by atoms with van der Waals surface area (Å²) in [6.07, 6.45) is 1.48. The number of hydrogen-bond donors (Lipinski definition) is 1. The van der Waals surface area contributed by atoms with Crippen molar-refractivity contribution < 1.29 is 19.1 Å². The van der Waals surface area contributed by atoms with E-state index in [1.807, 2.05) is 12.1 Å². The molecule has 0 aliphatic carbocycles. The number of methoxy groups -OCH3 is 2. The SMILES string of the molecule is COc1ccc(C(=O)Nc2ccc(N3CCCC3=O)cc2)cc1OC. The van der Waals surface area contributed by atoms with Gasteiger partial charge in [0.15, 0.2) is 11.5 Å². The van der Waals surface area contributed by atoms with Crippen molar-refractivity contribution >= 4 is 23.2 Å². The summed E-state index contributed by atoms with van der Waals surface area (Å²) in [6, 6.07) is 12.3. The van der Waals surface area contributed by atoms with E-state index in [1.54, 1.807) is 42.3 Å². The number of nitrogens with one attached hydrogen (secondary N) is 1. The molecule has 25 heavy (non-hydrogen) atoms. The third-order valence-corrected chi connectivity index (χ3v) is 4.16. The van der Waals surface area contributed by atoms with Gasteiger partial charge in [0.05, 0.1) is 14.2 Å². The van der Waals surface area contributed by atoms with Crippen LogP contribution in [0.3, 0.4) is 0 Å². The van der Waals surface area contributed by atoms with Crippen molar-refractivity contribution in [2.75, 3.05) is 31.0 Å². The van der Waals surface area contributed by atoms with Gasteiger partial charge < -0.3 is 19.7 Å². The molecule has 0 radical (unpaired) electrons. The number of carbonyl (C=O) groups is 2. The van der Waals surface area contributed by atoms with E-state index in [0.717, 1.165) is 18.7 Å². The van der Waals surface area contributed by atoms with Crippen LogP contribution in [-0.4, -0.2) is 32.6 Å². The van der Waals surface area contributed by atoms with Crippen molar-refractivity contribution in [3.8, 4) is 11.5 Å². The predicted octanol–water partition coefficient (Wildman–Crippen LogP) is 3.08.